The van der Waals surface area contributed by atoms with Crippen molar-refractivity contribution in [1.82, 2.24) is 10.2 Å². The van der Waals surface area contributed by atoms with Crippen LogP contribution in [0.5, 0.6) is 0 Å². The minimum absolute atomic E-state index is 0.0360. The first-order valence-corrected chi connectivity index (χ1v) is 8.56. The van der Waals surface area contributed by atoms with E-state index in [1.165, 1.54) is 19.4 Å². The van der Waals surface area contributed by atoms with Crippen LogP contribution in [-0.4, -0.2) is 55.7 Å². The highest BCUT2D eigenvalue weighted by molar-refractivity contribution is 5.82. The number of unbranched alkanes of at least 4 members (excludes halogenated alkanes) is 1. The quantitative estimate of drug-likeness (QED) is 0.771. The zero-order chi connectivity index (χ0) is 15.1. The summed E-state index contributed by atoms with van der Waals surface area (Å²) >= 11 is 0. The molecule has 2 saturated heterocycles. The van der Waals surface area contributed by atoms with Gasteiger partial charge in [-0.25, -0.2) is 0 Å². The van der Waals surface area contributed by atoms with Gasteiger partial charge in [-0.1, -0.05) is 13.3 Å². The van der Waals surface area contributed by atoms with Crippen LogP contribution in [0, 0.1) is 5.92 Å². The van der Waals surface area contributed by atoms with E-state index in [4.69, 9.17) is 10.5 Å². The molecular formula is C16H31N3O2. The molecule has 0 aromatic carbocycles. The molecule has 5 heteroatoms. The van der Waals surface area contributed by atoms with Crippen LogP contribution in [0.15, 0.2) is 0 Å². The van der Waals surface area contributed by atoms with Gasteiger partial charge in [0.2, 0.25) is 5.91 Å². The number of nitrogens with zero attached hydrogens (tertiary/aromatic N) is 1. The van der Waals surface area contributed by atoms with E-state index >= 15 is 0 Å². The number of hydrogen-bond acceptors (Lipinski definition) is 4. The van der Waals surface area contributed by atoms with Gasteiger partial charge in [0, 0.05) is 32.3 Å². The summed E-state index contributed by atoms with van der Waals surface area (Å²) in [6.07, 6.45) is 6.43. The number of ether oxygens (including phenoxy) is 1. The average molecular weight is 297 g/mol. The van der Waals surface area contributed by atoms with Gasteiger partial charge in [-0.15, -0.1) is 0 Å². The summed E-state index contributed by atoms with van der Waals surface area (Å²) < 4.78 is 5.33. The third-order valence-corrected chi connectivity index (χ3v) is 4.84. The molecule has 5 nitrogen and oxygen atoms in total. The molecule has 2 rings (SSSR count). The van der Waals surface area contributed by atoms with Crippen LogP contribution < -0.4 is 11.1 Å². The van der Waals surface area contributed by atoms with Crippen LogP contribution in [0.25, 0.3) is 0 Å². The van der Waals surface area contributed by atoms with E-state index in [-0.39, 0.29) is 17.9 Å². The highest BCUT2D eigenvalue weighted by atomic mass is 16.5. The van der Waals surface area contributed by atoms with Crippen LogP contribution >= 0.6 is 0 Å². The summed E-state index contributed by atoms with van der Waals surface area (Å²) in [7, 11) is 0. The molecule has 0 spiro atoms. The number of piperidine rings is 1. The molecule has 3 N–H and O–H groups in total. The zero-order valence-electron chi connectivity index (χ0n) is 13.4. The average Bonchev–Trinajstić information content (AvgIpc) is 2.54. The van der Waals surface area contributed by atoms with Crippen molar-refractivity contribution in [2.24, 2.45) is 11.7 Å². The van der Waals surface area contributed by atoms with Gasteiger partial charge in [-0.3, -0.25) is 4.79 Å². The van der Waals surface area contributed by atoms with Crippen LogP contribution in [0.3, 0.4) is 0 Å². The van der Waals surface area contributed by atoms with Gasteiger partial charge in [-0.2, -0.15) is 0 Å². The van der Waals surface area contributed by atoms with Crippen LogP contribution in [0.1, 0.15) is 45.4 Å². The first-order chi connectivity index (χ1) is 10.2. The highest BCUT2D eigenvalue weighted by Crippen LogP contribution is 2.18. The fraction of sp³-hybridized carbons (Fsp3) is 0.938. The van der Waals surface area contributed by atoms with Gasteiger partial charge in [-0.05, 0) is 44.6 Å². The van der Waals surface area contributed by atoms with E-state index in [2.05, 4.69) is 17.1 Å². The van der Waals surface area contributed by atoms with Gasteiger partial charge in [0.15, 0.2) is 0 Å². The highest BCUT2D eigenvalue weighted by Gasteiger charge is 2.28. The Labute approximate surface area is 128 Å². The van der Waals surface area contributed by atoms with E-state index in [1.54, 1.807) is 0 Å². The first kappa shape index (κ1) is 16.7. The number of nitrogens with two attached hydrogens (primary N) is 1. The molecule has 1 unspecified atom stereocenters. The number of hydrogen-bond donors (Lipinski definition) is 2. The predicted molar refractivity (Wildman–Crippen MR) is 84.0 cm³/mol. The van der Waals surface area contributed by atoms with Crippen LogP contribution in [0.4, 0.5) is 0 Å². The topological polar surface area (TPSA) is 67.6 Å². The largest absolute Gasteiger partial charge is 0.381 e. The lowest BCUT2D eigenvalue weighted by Crippen LogP contribution is -2.52. The van der Waals surface area contributed by atoms with E-state index < -0.39 is 0 Å². The molecule has 2 aliphatic rings. The maximum absolute atomic E-state index is 12.3. The second-order valence-corrected chi connectivity index (χ2v) is 6.45. The molecule has 0 bridgehead atoms. The van der Waals surface area contributed by atoms with E-state index in [0.29, 0.717) is 6.04 Å². The second-order valence-electron chi connectivity index (χ2n) is 6.45. The number of carbonyl (C=O) groups is 1. The fourth-order valence-electron chi connectivity index (χ4n) is 3.27. The summed E-state index contributed by atoms with van der Waals surface area (Å²) in [6.45, 7) is 7.08. The predicted octanol–water partition coefficient (Wildman–Crippen LogP) is 1.12. The van der Waals surface area contributed by atoms with E-state index in [9.17, 15) is 4.79 Å². The molecule has 1 amide bonds. The Balaban J connectivity index is 1.68. The third-order valence-electron chi connectivity index (χ3n) is 4.84. The van der Waals surface area contributed by atoms with E-state index in [0.717, 1.165) is 52.0 Å². The minimum atomic E-state index is -0.368. The summed E-state index contributed by atoms with van der Waals surface area (Å²) in [5.41, 5.74) is 6.12. The molecule has 0 radical (unpaired) electrons. The van der Waals surface area contributed by atoms with Crippen LogP contribution in [-0.2, 0) is 9.53 Å². The molecular weight excluding hydrogens is 266 g/mol. The molecule has 0 aromatic rings. The monoisotopic (exact) mass is 297 g/mol. The Kier molecular flexibility index (Phi) is 6.93. The maximum atomic E-state index is 12.3. The lowest BCUT2D eigenvalue weighted by atomic mass is 9.91. The lowest BCUT2D eigenvalue weighted by molar-refractivity contribution is -0.125. The van der Waals surface area contributed by atoms with Crippen LogP contribution in [0.2, 0.25) is 0 Å². The van der Waals surface area contributed by atoms with Crippen molar-refractivity contribution in [1.29, 1.82) is 0 Å². The van der Waals surface area contributed by atoms with E-state index in [1.807, 2.05) is 0 Å². The normalized spacial score (nSPS) is 23.9. The Morgan fingerprint density at radius 1 is 1.29 bits per heavy atom. The standard InChI is InChI=1S/C16H31N3O2/c1-2-3-8-19-9-4-14(5-10-19)18-16(20)15(17)13-6-11-21-12-7-13/h13-15H,2-12,17H2,1H3,(H,18,20). The van der Waals surface area contributed by atoms with Crippen molar-refractivity contribution in [3.63, 3.8) is 0 Å². The molecule has 1 atom stereocenters. The molecule has 2 fully saturated rings. The number of likely N-dealkylation sites (tertiary alicyclic amines) is 1. The number of carbonyl (C=O) groups excluding carboxylic acids is 1. The Morgan fingerprint density at radius 2 is 1.95 bits per heavy atom. The van der Waals surface area contributed by atoms with Crippen molar-refractivity contribution in [2.75, 3.05) is 32.8 Å². The van der Waals surface area contributed by atoms with Crippen molar-refractivity contribution in [3.8, 4) is 0 Å². The number of amides is 1. The zero-order valence-corrected chi connectivity index (χ0v) is 13.4. The second kappa shape index (κ2) is 8.71. The van der Waals surface area contributed by atoms with Crippen molar-refractivity contribution < 1.29 is 9.53 Å². The SMILES string of the molecule is CCCCN1CCC(NC(=O)C(N)C2CCOCC2)CC1. The van der Waals surface area contributed by atoms with Gasteiger partial charge >= 0.3 is 0 Å². The van der Waals surface area contributed by atoms with Gasteiger partial charge in [0.1, 0.15) is 0 Å². The maximum Gasteiger partial charge on any atom is 0.237 e. The first-order valence-electron chi connectivity index (χ1n) is 8.56. The summed E-state index contributed by atoms with van der Waals surface area (Å²) in [6, 6.07) is -0.0618. The molecule has 0 aliphatic carbocycles. The molecule has 0 aromatic heterocycles. The summed E-state index contributed by atoms with van der Waals surface area (Å²) in [5.74, 6) is 0.317. The Morgan fingerprint density at radius 3 is 2.57 bits per heavy atom. The van der Waals surface area contributed by atoms with Gasteiger partial charge in [0.05, 0.1) is 6.04 Å². The van der Waals surface area contributed by atoms with Gasteiger partial charge in [0.25, 0.3) is 0 Å². The lowest BCUT2D eigenvalue weighted by Gasteiger charge is -2.34. The third kappa shape index (κ3) is 5.24. The fourth-order valence-corrected chi connectivity index (χ4v) is 3.27. The Bertz CT molecular complexity index is 311. The number of rotatable bonds is 6. The minimum Gasteiger partial charge on any atom is -0.381 e. The smallest absolute Gasteiger partial charge is 0.237 e. The van der Waals surface area contributed by atoms with Gasteiger partial charge < -0.3 is 20.7 Å². The Hall–Kier alpha value is -0.650. The summed E-state index contributed by atoms with van der Waals surface area (Å²) in [5, 5.41) is 3.16. The molecule has 2 aliphatic heterocycles. The molecule has 0 saturated carbocycles. The van der Waals surface area contributed by atoms with Crippen molar-refractivity contribution >= 4 is 5.91 Å². The molecule has 21 heavy (non-hydrogen) atoms. The number of nitrogens with one attached hydrogen (secondary N) is 1. The van der Waals surface area contributed by atoms with Crippen molar-refractivity contribution in [2.45, 2.75) is 57.5 Å². The van der Waals surface area contributed by atoms with Crippen molar-refractivity contribution in [3.05, 3.63) is 0 Å². The molecule has 122 valence electrons. The molecule has 2 heterocycles. The summed E-state index contributed by atoms with van der Waals surface area (Å²) in [4.78, 5) is 14.8.